The molecule has 0 unspecified atom stereocenters. The van der Waals surface area contributed by atoms with Crippen LogP contribution in [0, 0.1) is 5.92 Å². The van der Waals surface area contributed by atoms with Crippen LogP contribution in [-0.4, -0.2) is 40.0 Å². The number of likely N-dealkylation sites (tertiary alicyclic amines) is 1. The molecule has 90 valence electrons. The highest BCUT2D eigenvalue weighted by Crippen LogP contribution is 2.20. The van der Waals surface area contributed by atoms with Crippen LogP contribution in [-0.2, 0) is 6.42 Å². The van der Waals surface area contributed by atoms with E-state index in [1.54, 1.807) is 6.20 Å². The van der Waals surface area contributed by atoms with Crippen LogP contribution in [0.2, 0.25) is 0 Å². The number of pyridine rings is 1. The number of nitrogens with zero attached hydrogens (tertiary/aromatic N) is 3. The summed E-state index contributed by atoms with van der Waals surface area (Å²) in [5.41, 5.74) is 1.89. The lowest BCUT2D eigenvalue weighted by Gasteiger charge is -2.28. The van der Waals surface area contributed by atoms with Gasteiger partial charge in [0.05, 0.1) is 5.52 Å². The molecular weight excluding hydrogens is 212 g/mol. The minimum Gasteiger partial charge on any atom is -0.341 e. The molecule has 3 heterocycles. The zero-order valence-corrected chi connectivity index (χ0v) is 10.2. The van der Waals surface area contributed by atoms with Gasteiger partial charge in [0.1, 0.15) is 5.82 Å². The number of hydrogen-bond acceptors (Lipinski definition) is 3. The molecule has 0 radical (unpaired) electrons. The number of rotatable bonds is 2. The van der Waals surface area contributed by atoms with Crippen molar-refractivity contribution in [2.24, 2.45) is 5.92 Å². The van der Waals surface area contributed by atoms with E-state index in [9.17, 15) is 0 Å². The Bertz CT molecular complexity index is 464. The van der Waals surface area contributed by atoms with Gasteiger partial charge in [-0.05, 0) is 51.0 Å². The van der Waals surface area contributed by atoms with E-state index in [2.05, 4.69) is 26.9 Å². The Balaban J connectivity index is 1.72. The number of aromatic amines is 1. The van der Waals surface area contributed by atoms with E-state index in [0.29, 0.717) is 0 Å². The van der Waals surface area contributed by atoms with E-state index in [1.165, 1.54) is 25.9 Å². The van der Waals surface area contributed by atoms with E-state index in [0.717, 1.165) is 29.3 Å². The summed E-state index contributed by atoms with van der Waals surface area (Å²) in [6.45, 7) is 2.42. The smallest absolute Gasteiger partial charge is 0.177 e. The van der Waals surface area contributed by atoms with E-state index < -0.39 is 0 Å². The van der Waals surface area contributed by atoms with Gasteiger partial charge in [0, 0.05) is 12.6 Å². The third kappa shape index (κ3) is 2.31. The normalized spacial score (nSPS) is 18.9. The highest BCUT2D eigenvalue weighted by Gasteiger charge is 2.18. The van der Waals surface area contributed by atoms with Crippen molar-refractivity contribution in [1.82, 2.24) is 19.9 Å². The molecule has 17 heavy (non-hydrogen) atoms. The molecule has 2 aromatic heterocycles. The molecule has 1 saturated heterocycles. The third-order valence-electron chi connectivity index (χ3n) is 3.63. The molecular formula is C13H18N4. The molecule has 1 aliphatic rings. The summed E-state index contributed by atoms with van der Waals surface area (Å²) in [4.78, 5) is 14.6. The molecule has 1 fully saturated rings. The highest BCUT2D eigenvalue weighted by atomic mass is 15.1. The number of imidazole rings is 1. The summed E-state index contributed by atoms with van der Waals surface area (Å²) in [5.74, 6) is 1.86. The Morgan fingerprint density at radius 1 is 1.41 bits per heavy atom. The molecule has 0 aliphatic carbocycles. The van der Waals surface area contributed by atoms with Crippen molar-refractivity contribution in [3.05, 3.63) is 24.2 Å². The fourth-order valence-electron chi connectivity index (χ4n) is 2.53. The molecule has 3 rings (SSSR count). The third-order valence-corrected chi connectivity index (χ3v) is 3.63. The number of piperidine rings is 1. The number of nitrogens with one attached hydrogen (secondary N) is 1. The van der Waals surface area contributed by atoms with E-state index in [-0.39, 0.29) is 0 Å². The zero-order valence-electron chi connectivity index (χ0n) is 10.2. The lowest BCUT2D eigenvalue weighted by atomic mass is 9.94. The number of hydrogen-bond donors (Lipinski definition) is 1. The fraction of sp³-hybridized carbons (Fsp3) is 0.538. The maximum atomic E-state index is 4.55. The van der Waals surface area contributed by atoms with Crippen molar-refractivity contribution in [2.75, 3.05) is 20.1 Å². The molecule has 4 nitrogen and oxygen atoms in total. The molecule has 4 heteroatoms. The lowest BCUT2D eigenvalue weighted by molar-refractivity contribution is 0.217. The number of aromatic nitrogens is 3. The molecule has 0 atom stereocenters. The Labute approximate surface area is 101 Å². The number of H-pyrrole nitrogens is 1. The minimum absolute atomic E-state index is 0.770. The quantitative estimate of drug-likeness (QED) is 0.856. The molecule has 1 aliphatic heterocycles. The van der Waals surface area contributed by atoms with Gasteiger partial charge in [0.2, 0.25) is 0 Å². The van der Waals surface area contributed by atoms with Crippen molar-refractivity contribution >= 4 is 11.2 Å². The van der Waals surface area contributed by atoms with Crippen LogP contribution in [0.1, 0.15) is 18.7 Å². The first-order valence-corrected chi connectivity index (χ1v) is 6.29. The second kappa shape index (κ2) is 4.45. The van der Waals surface area contributed by atoms with Crippen molar-refractivity contribution in [3.8, 4) is 0 Å². The first-order valence-electron chi connectivity index (χ1n) is 6.29. The summed E-state index contributed by atoms with van der Waals surface area (Å²) in [6.07, 6.45) is 5.41. The van der Waals surface area contributed by atoms with Gasteiger partial charge in [-0.3, -0.25) is 0 Å². The monoisotopic (exact) mass is 230 g/mol. The summed E-state index contributed by atoms with van der Waals surface area (Å²) in [5, 5.41) is 0. The SMILES string of the molecule is CN1CCC(Cc2nc3ncccc3[nH]2)CC1. The van der Waals surface area contributed by atoms with Crippen molar-refractivity contribution in [2.45, 2.75) is 19.3 Å². The van der Waals surface area contributed by atoms with Gasteiger partial charge in [-0.1, -0.05) is 0 Å². The fourth-order valence-corrected chi connectivity index (χ4v) is 2.53. The van der Waals surface area contributed by atoms with Crippen LogP contribution in [0.5, 0.6) is 0 Å². The average Bonchev–Trinajstić information content (AvgIpc) is 2.74. The topological polar surface area (TPSA) is 44.8 Å². The Kier molecular flexibility index (Phi) is 2.81. The van der Waals surface area contributed by atoms with Crippen molar-refractivity contribution < 1.29 is 0 Å². The molecule has 1 N–H and O–H groups in total. The molecule has 0 saturated carbocycles. The predicted octanol–water partition coefficient (Wildman–Crippen LogP) is 1.84. The van der Waals surface area contributed by atoms with Gasteiger partial charge in [0.25, 0.3) is 0 Å². The van der Waals surface area contributed by atoms with Gasteiger partial charge in [-0.2, -0.15) is 0 Å². The van der Waals surface area contributed by atoms with Crippen LogP contribution >= 0.6 is 0 Å². The minimum atomic E-state index is 0.770. The van der Waals surface area contributed by atoms with Crippen LogP contribution in [0.25, 0.3) is 11.2 Å². The predicted molar refractivity (Wildman–Crippen MR) is 67.8 cm³/mol. The highest BCUT2D eigenvalue weighted by molar-refractivity contribution is 5.69. The molecule has 0 bridgehead atoms. The molecule has 0 aromatic carbocycles. The lowest BCUT2D eigenvalue weighted by Crippen LogP contribution is -2.31. The first-order chi connectivity index (χ1) is 8.31. The first kappa shape index (κ1) is 10.7. The summed E-state index contributed by atoms with van der Waals surface area (Å²) < 4.78 is 0. The van der Waals surface area contributed by atoms with Gasteiger partial charge < -0.3 is 9.88 Å². The maximum Gasteiger partial charge on any atom is 0.177 e. The second-order valence-electron chi connectivity index (χ2n) is 5.01. The van der Waals surface area contributed by atoms with Gasteiger partial charge >= 0.3 is 0 Å². The van der Waals surface area contributed by atoms with Crippen LogP contribution in [0.15, 0.2) is 18.3 Å². The standard InChI is InChI=1S/C13H18N4/c1-17-7-4-10(5-8-17)9-12-15-11-3-2-6-14-13(11)16-12/h2-3,6,10H,4-5,7-9H2,1H3,(H,14,15,16). The van der Waals surface area contributed by atoms with E-state index >= 15 is 0 Å². The van der Waals surface area contributed by atoms with Crippen LogP contribution in [0.3, 0.4) is 0 Å². The van der Waals surface area contributed by atoms with Gasteiger partial charge in [-0.25, -0.2) is 9.97 Å². The summed E-state index contributed by atoms with van der Waals surface area (Å²) in [7, 11) is 2.20. The largest absolute Gasteiger partial charge is 0.341 e. The molecule has 2 aromatic rings. The van der Waals surface area contributed by atoms with Crippen LogP contribution < -0.4 is 0 Å². The van der Waals surface area contributed by atoms with Gasteiger partial charge in [0.15, 0.2) is 5.65 Å². The maximum absolute atomic E-state index is 4.55. The summed E-state index contributed by atoms with van der Waals surface area (Å²) >= 11 is 0. The van der Waals surface area contributed by atoms with Crippen molar-refractivity contribution in [3.63, 3.8) is 0 Å². The molecule has 0 amide bonds. The Morgan fingerprint density at radius 2 is 2.24 bits per heavy atom. The Hall–Kier alpha value is -1.42. The summed E-state index contributed by atoms with van der Waals surface area (Å²) in [6, 6.07) is 3.98. The van der Waals surface area contributed by atoms with Crippen molar-refractivity contribution in [1.29, 1.82) is 0 Å². The number of fused-ring (bicyclic) bond motifs is 1. The van der Waals surface area contributed by atoms with E-state index in [1.807, 2.05) is 12.1 Å². The van der Waals surface area contributed by atoms with Crippen LogP contribution in [0.4, 0.5) is 0 Å². The zero-order chi connectivity index (χ0) is 11.7. The Morgan fingerprint density at radius 3 is 3.00 bits per heavy atom. The van der Waals surface area contributed by atoms with Gasteiger partial charge in [-0.15, -0.1) is 0 Å². The van der Waals surface area contributed by atoms with E-state index in [4.69, 9.17) is 0 Å². The average molecular weight is 230 g/mol. The second-order valence-corrected chi connectivity index (χ2v) is 5.01. The molecule has 0 spiro atoms.